The topological polar surface area (TPSA) is 78.9 Å². The van der Waals surface area contributed by atoms with Crippen molar-refractivity contribution < 1.29 is 28.6 Å². The molecule has 0 saturated carbocycles. The molecule has 1 unspecified atom stereocenters. The predicted octanol–water partition coefficient (Wildman–Crippen LogP) is 18.6. The number of allylic oxidation sites excluding steroid dienone is 12. The summed E-state index contributed by atoms with van der Waals surface area (Å²) in [6.07, 6.45) is 68.9. The summed E-state index contributed by atoms with van der Waals surface area (Å²) in [5.74, 6) is -0.927. The Kier molecular flexibility index (Phi) is 51.9. The van der Waals surface area contributed by atoms with E-state index in [9.17, 15) is 14.4 Å². The molecule has 0 fully saturated rings. The normalized spacial score (nSPS) is 12.6. The van der Waals surface area contributed by atoms with E-state index in [-0.39, 0.29) is 31.1 Å². The SMILES string of the molecule is CC/C=C\C/C=C\C/C=C\CCCCCC(=O)OCC(COC(=O)CCCCCCCCC/C=C\C/C=C\CCCCCC)OC(=O)CCCCCCCCC/C=C\CCCCCCCC. The Labute approximate surface area is 408 Å². The van der Waals surface area contributed by atoms with Gasteiger partial charge in [-0.15, -0.1) is 0 Å². The van der Waals surface area contributed by atoms with Crippen LogP contribution in [-0.2, 0) is 28.6 Å². The van der Waals surface area contributed by atoms with Crippen molar-refractivity contribution in [1.82, 2.24) is 0 Å². The third-order valence-corrected chi connectivity index (χ3v) is 11.9. The maximum absolute atomic E-state index is 12.8. The second-order valence-corrected chi connectivity index (χ2v) is 18.5. The van der Waals surface area contributed by atoms with E-state index in [0.717, 1.165) is 96.3 Å². The van der Waals surface area contributed by atoms with Crippen LogP contribution in [0.25, 0.3) is 0 Å². The molecule has 0 aliphatic heterocycles. The highest BCUT2D eigenvalue weighted by atomic mass is 16.6. The lowest BCUT2D eigenvalue weighted by Gasteiger charge is -2.18. The number of ether oxygens (including phenoxy) is 3. The number of esters is 3. The van der Waals surface area contributed by atoms with Gasteiger partial charge in [-0.25, -0.2) is 0 Å². The third kappa shape index (κ3) is 51.8. The zero-order valence-corrected chi connectivity index (χ0v) is 43.4. The maximum atomic E-state index is 12.8. The second kappa shape index (κ2) is 54.5. The van der Waals surface area contributed by atoms with E-state index in [4.69, 9.17) is 14.2 Å². The van der Waals surface area contributed by atoms with E-state index < -0.39 is 6.10 Å². The number of hydrogen-bond acceptors (Lipinski definition) is 6. The van der Waals surface area contributed by atoms with Gasteiger partial charge in [-0.3, -0.25) is 14.4 Å². The monoisotopic (exact) mass is 921 g/mol. The van der Waals surface area contributed by atoms with Gasteiger partial charge in [0.15, 0.2) is 6.10 Å². The molecule has 6 nitrogen and oxygen atoms in total. The molecule has 0 aliphatic carbocycles. The first-order chi connectivity index (χ1) is 32.5. The van der Waals surface area contributed by atoms with Gasteiger partial charge in [0.25, 0.3) is 0 Å². The summed E-state index contributed by atoms with van der Waals surface area (Å²) in [4.78, 5) is 38.1. The van der Waals surface area contributed by atoms with Crippen molar-refractivity contribution in [3.63, 3.8) is 0 Å². The Bertz CT molecular complexity index is 1240. The van der Waals surface area contributed by atoms with Gasteiger partial charge in [0.1, 0.15) is 13.2 Å². The summed E-state index contributed by atoms with van der Waals surface area (Å²) < 4.78 is 16.8. The summed E-state index contributed by atoms with van der Waals surface area (Å²) in [5.41, 5.74) is 0. The first-order valence-electron chi connectivity index (χ1n) is 27.9. The molecule has 1 atom stereocenters. The second-order valence-electron chi connectivity index (χ2n) is 18.5. The quantitative estimate of drug-likeness (QED) is 0.0262. The lowest BCUT2D eigenvalue weighted by molar-refractivity contribution is -0.167. The van der Waals surface area contributed by atoms with Gasteiger partial charge in [-0.05, 0) is 109 Å². The fraction of sp³-hybridized carbons (Fsp3) is 0.750. The highest BCUT2D eigenvalue weighted by Crippen LogP contribution is 2.15. The van der Waals surface area contributed by atoms with Crippen molar-refractivity contribution in [2.24, 2.45) is 0 Å². The zero-order chi connectivity index (χ0) is 47.9. The van der Waals surface area contributed by atoms with Crippen molar-refractivity contribution in [2.75, 3.05) is 13.2 Å². The van der Waals surface area contributed by atoms with Gasteiger partial charge < -0.3 is 14.2 Å². The maximum Gasteiger partial charge on any atom is 0.306 e. The summed E-state index contributed by atoms with van der Waals surface area (Å²) >= 11 is 0. The van der Waals surface area contributed by atoms with Crippen molar-refractivity contribution >= 4 is 17.9 Å². The van der Waals surface area contributed by atoms with Crippen molar-refractivity contribution in [2.45, 2.75) is 277 Å². The molecule has 0 aromatic heterocycles. The Morgan fingerprint density at radius 2 is 0.591 bits per heavy atom. The average molecular weight is 921 g/mol. The molecule has 0 rings (SSSR count). The Hall–Kier alpha value is -3.15. The number of hydrogen-bond donors (Lipinski definition) is 0. The van der Waals surface area contributed by atoms with Gasteiger partial charge in [-0.2, -0.15) is 0 Å². The van der Waals surface area contributed by atoms with Crippen LogP contribution in [0.4, 0.5) is 0 Å². The fourth-order valence-corrected chi connectivity index (χ4v) is 7.72. The summed E-state index contributed by atoms with van der Waals surface area (Å²) in [5, 5.41) is 0. The van der Waals surface area contributed by atoms with Crippen LogP contribution in [0.1, 0.15) is 271 Å². The van der Waals surface area contributed by atoms with Crippen molar-refractivity contribution in [1.29, 1.82) is 0 Å². The first kappa shape index (κ1) is 62.8. The molecular formula is C60H104O6. The van der Waals surface area contributed by atoms with E-state index in [2.05, 4.69) is 93.7 Å². The van der Waals surface area contributed by atoms with Crippen LogP contribution in [0.2, 0.25) is 0 Å². The Balaban J connectivity index is 4.41. The number of carbonyl (C=O) groups is 3. The summed E-state index contributed by atoms with van der Waals surface area (Å²) in [6, 6.07) is 0. The third-order valence-electron chi connectivity index (χ3n) is 11.9. The molecule has 0 aromatic rings. The minimum absolute atomic E-state index is 0.0904. The highest BCUT2D eigenvalue weighted by molar-refractivity contribution is 5.71. The molecule has 0 N–H and O–H groups in total. The molecule has 0 aromatic carbocycles. The number of unbranched alkanes of at least 4 members (excludes halogenated alkanes) is 27. The molecule has 0 bridgehead atoms. The minimum atomic E-state index is -0.793. The van der Waals surface area contributed by atoms with E-state index in [1.54, 1.807) is 0 Å². The van der Waals surface area contributed by atoms with E-state index in [1.807, 2.05) is 0 Å². The van der Waals surface area contributed by atoms with E-state index >= 15 is 0 Å². The highest BCUT2D eigenvalue weighted by Gasteiger charge is 2.19. The molecule has 0 heterocycles. The molecule has 0 amide bonds. The first-order valence-corrected chi connectivity index (χ1v) is 27.9. The molecule has 0 saturated heterocycles. The van der Waals surface area contributed by atoms with Gasteiger partial charge in [0.2, 0.25) is 0 Å². The van der Waals surface area contributed by atoms with E-state index in [1.165, 1.54) is 135 Å². The van der Waals surface area contributed by atoms with Crippen molar-refractivity contribution in [3.8, 4) is 0 Å². The van der Waals surface area contributed by atoms with Gasteiger partial charge in [-0.1, -0.05) is 216 Å². The zero-order valence-electron chi connectivity index (χ0n) is 43.4. The molecule has 0 aliphatic rings. The van der Waals surface area contributed by atoms with Crippen molar-refractivity contribution in [3.05, 3.63) is 72.9 Å². The van der Waals surface area contributed by atoms with Crippen LogP contribution < -0.4 is 0 Å². The van der Waals surface area contributed by atoms with Crippen LogP contribution >= 0.6 is 0 Å². The molecule has 380 valence electrons. The summed E-state index contributed by atoms with van der Waals surface area (Å²) in [6.45, 7) is 6.48. The smallest absolute Gasteiger partial charge is 0.306 e. The molecule has 0 radical (unpaired) electrons. The number of carbonyl (C=O) groups excluding carboxylic acids is 3. The molecule has 66 heavy (non-hydrogen) atoms. The van der Waals surface area contributed by atoms with Gasteiger partial charge in [0, 0.05) is 19.3 Å². The standard InChI is InChI=1S/C60H104O6/c1-4-7-10-13-16-19-22-25-27-29-31-32-35-38-41-44-47-50-53-59(62)65-56-57(55-64-58(61)52-49-46-43-40-37-34-24-21-18-15-12-9-6-3)66-60(63)54-51-48-45-42-39-36-33-30-28-26-23-20-17-14-11-8-5-2/h9,12,18-19,21-22,26-29,34,37,57H,4-8,10-11,13-17,20,23-25,30-33,35-36,38-56H2,1-3H3/b12-9-,21-18-,22-19-,28-26-,29-27-,37-34-. The Morgan fingerprint density at radius 1 is 0.318 bits per heavy atom. The summed E-state index contributed by atoms with van der Waals surface area (Å²) in [7, 11) is 0. The van der Waals surface area contributed by atoms with Crippen LogP contribution in [0, 0.1) is 0 Å². The minimum Gasteiger partial charge on any atom is -0.462 e. The molecule has 6 heteroatoms. The fourth-order valence-electron chi connectivity index (χ4n) is 7.72. The largest absolute Gasteiger partial charge is 0.462 e. The van der Waals surface area contributed by atoms with Crippen LogP contribution in [-0.4, -0.2) is 37.2 Å². The Morgan fingerprint density at radius 3 is 0.970 bits per heavy atom. The number of rotatable bonds is 50. The van der Waals surface area contributed by atoms with Gasteiger partial charge >= 0.3 is 17.9 Å². The average Bonchev–Trinajstić information content (AvgIpc) is 3.31. The predicted molar refractivity (Wildman–Crippen MR) is 284 cm³/mol. The van der Waals surface area contributed by atoms with Gasteiger partial charge in [0.05, 0.1) is 0 Å². The lowest BCUT2D eigenvalue weighted by atomic mass is 10.1. The van der Waals surface area contributed by atoms with Crippen LogP contribution in [0.5, 0.6) is 0 Å². The van der Waals surface area contributed by atoms with E-state index in [0.29, 0.717) is 19.3 Å². The molecular weight excluding hydrogens is 817 g/mol. The van der Waals surface area contributed by atoms with Crippen LogP contribution in [0.15, 0.2) is 72.9 Å². The molecule has 0 spiro atoms. The lowest BCUT2D eigenvalue weighted by Crippen LogP contribution is -2.30. The van der Waals surface area contributed by atoms with Crippen LogP contribution in [0.3, 0.4) is 0 Å².